The predicted octanol–water partition coefficient (Wildman–Crippen LogP) is 0.380. The number of amides is 2. The summed E-state index contributed by atoms with van der Waals surface area (Å²) in [5.41, 5.74) is 6.35. The largest absolute Gasteiger partial charge is 0.476 e. The minimum atomic E-state index is -0.810. The van der Waals surface area contributed by atoms with Gasteiger partial charge in [-0.15, -0.1) is 0 Å². The number of likely N-dealkylation sites (N-methyl/N-ethyl adjacent to an activating group) is 1. The van der Waals surface area contributed by atoms with Gasteiger partial charge in [-0.05, 0) is 31.0 Å². The number of benzene rings is 1. The van der Waals surface area contributed by atoms with Crippen LogP contribution in [0.3, 0.4) is 0 Å². The molecular weight excluding hydrogens is 314 g/mol. The van der Waals surface area contributed by atoms with Crippen LogP contribution < -0.4 is 15.4 Å². The fraction of sp³-hybridized carbons (Fsp3) is 0.500. The molecule has 1 atom stereocenters. The first kappa shape index (κ1) is 16.5. The van der Waals surface area contributed by atoms with Crippen molar-refractivity contribution in [2.75, 3.05) is 31.7 Å². The van der Waals surface area contributed by atoms with E-state index in [0.717, 1.165) is 5.06 Å². The maximum Gasteiger partial charge on any atom is 0.289 e. The van der Waals surface area contributed by atoms with Crippen LogP contribution in [0, 0.1) is 0 Å². The average molecular weight is 335 g/mol. The lowest BCUT2D eigenvalue weighted by Crippen LogP contribution is -2.52. The Labute approximate surface area is 139 Å². The highest BCUT2D eigenvalue weighted by molar-refractivity contribution is 5.94. The highest BCUT2D eigenvalue weighted by Gasteiger charge is 2.35. The topological polar surface area (TPSA) is 105 Å². The summed E-state index contributed by atoms with van der Waals surface area (Å²) in [6.45, 7) is 1.33. The molecule has 1 unspecified atom stereocenters. The van der Waals surface area contributed by atoms with E-state index in [-0.39, 0.29) is 12.6 Å². The van der Waals surface area contributed by atoms with Gasteiger partial charge in [0.05, 0.1) is 18.3 Å². The average Bonchev–Trinajstić information content (AvgIpc) is 2.60. The Morgan fingerprint density at radius 2 is 2.04 bits per heavy atom. The van der Waals surface area contributed by atoms with Gasteiger partial charge in [0.15, 0.2) is 6.10 Å². The molecule has 3 N–H and O–H groups in total. The fourth-order valence-corrected chi connectivity index (χ4v) is 2.99. The predicted molar refractivity (Wildman–Crippen MR) is 85.1 cm³/mol. The van der Waals surface area contributed by atoms with Gasteiger partial charge >= 0.3 is 0 Å². The number of anilines is 1. The molecule has 1 aromatic rings. The second kappa shape index (κ2) is 6.66. The van der Waals surface area contributed by atoms with Crippen molar-refractivity contribution < 1.29 is 24.3 Å². The van der Waals surface area contributed by atoms with E-state index >= 15 is 0 Å². The Bertz CT molecular complexity index is 645. The maximum atomic E-state index is 12.5. The molecule has 24 heavy (non-hydrogen) atoms. The molecule has 2 aliphatic rings. The van der Waals surface area contributed by atoms with Gasteiger partial charge in [-0.1, -0.05) is 0 Å². The number of nitrogens with two attached hydrogens (primary N) is 1. The van der Waals surface area contributed by atoms with Gasteiger partial charge < -0.3 is 20.1 Å². The SMILES string of the molecule is CN1CC(C(=O)N(O)C2CCOCC2)Oc2ccc(C(N)=O)cc21. The number of ether oxygens (including phenoxy) is 2. The lowest BCUT2D eigenvalue weighted by Gasteiger charge is -2.36. The second-order valence-corrected chi connectivity index (χ2v) is 6.06. The van der Waals surface area contributed by atoms with Crippen molar-refractivity contribution in [2.45, 2.75) is 25.0 Å². The van der Waals surface area contributed by atoms with E-state index in [0.29, 0.717) is 43.1 Å². The van der Waals surface area contributed by atoms with E-state index in [1.54, 1.807) is 25.2 Å². The number of hydroxylamine groups is 2. The third kappa shape index (κ3) is 3.15. The Kier molecular flexibility index (Phi) is 4.59. The molecule has 2 heterocycles. The van der Waals surface area contributed by atoms with E-state index in [1.165, 1.54) is 0 Å². The van der Waals surface area contributed by atoms with E-state index in [2.05, 4.69) is 0 Å². The van der Waals surface area contributed by atoms with Crippen LogP contribution in [0.15, 0.2) is 18.2 Å². The minimum absolute atomic E-state index is 0.251. The van der Waals surface area contributed by atoms with Crippen LogP contribution in [-0.4, -0.2) is 61.0 Å². The van der Waals surface area contributed by atoms with E-state index in [9.17, 15) is 14.8 Å². The second-order valence-electron chi connectivity index (χ2n) is 6.06. The molecule has 1 saturated heterocycles. The smallest absolute Gasteiger partial charge is 0.289 e. The Hall–Kier alpha value is -2.32. The monoisotopic (exact) mass is 335 g/mol. The summed E-state index contributed by atoms with van der Waals surface area (Å²) < 4.78 is 11.0. The molecule has 1 aromatic carbocycles. The van der Waals surface area contributed by atoms with Crippen molar-refractivity contribution in [3.63, 3.8) is 0 Å². The van der Waals surface area contributed by atoms with Crippen molar-refractivity contribution in [1.29, 1.82) is 0 Å². The summed E-state index contributed by atoms with van der Waals surface area (Å²) in [5, 5.41) is 11.0. The Balaban J connectivity index is 1.75. The summed E-state index contributed by atoms with van der Waals surface area (Å²) in [6.07, 6.45) is 0.391. The minimum Gasteiger partial charge on any atom is -0.476 e. The van der Waals surface area contributed by atoms with Crippen LogP contribution in [0.5, 0.6) is 5.75 Å². The zero-order valence-corrected chi connectivity index (χ0v) is 13.5. The standard InChI is InChI=1S/C16H21N3O5/c1-18-9-14(16(21)19(22)11-4-6-23-7-5-11)24-13-3-2-10(15(17)20)8-12(13)18/h2-3,8,11,14,22H,4-7,9H2,1H3,(H2,17,20). The number of carbonyl (C=O) groups is 2. The summed E-state index contributed by atoms with van der Waals surface area (Å²) in [6, 6.07) is 4.55. The highest BCUT2D eigenvalue weighted by atomic mass is 16.5. The molecule has 0 saturated carbocycles. The zero-order chi connectivity index (χ0) is 17.3. The number of nitrogens with zero attached hydrogens (tertiary/aromatic N) is 2. The third-order valence-corrected chi connectivity index (χ3v) is 4.40. The molecule has 0 aromatic heterocycles. The van der Waals surface area contributed by atoms with Crippen molar-refractivity contribution >= 4 is 17.5 Å². The molecule has 2 amide bonds. The molecule has 130 valence electrons. The molecule has 0 spiro atoms. The van der Waals surface area contributed by atoms with Crippen LogP contribution in [0.2, 0.25) is 0 Å². The van der Waals surface area contributed by atoms with Crippen LogP contribution >= 0.6 is 0 Å². The van der Waals surface area contributed by atoms with Crippen LogP contribution in [0.25, 0.3) is 0 Å². The molecule has 8 heteroatoms. The van der Waals surface area contributed by atoms with Crippen molar-refractivity contribution in [2.24, 2.45) is 5.73 Å². The van der Waals surface area contributed by atoms with Gasteiger partial charge in [-0.3, -0.25) is 14.8 Å². The molecule has 0 aliphatic carbocycles. The van der Waals surface area contributed by atoms with Gasteiger partial charge in [0.1, 0.15) is 5.75 Å². The van der Waals surface area contributed by atoms with Crippen LogP contribution in [0.4, 0.5) is 5.69 Å². The van der Waals surface area contributed by atoms with Gasteiger partial charge in [0.25, 0.3) is 5.91 Å². The molecular formula is C16H21N3O5. The number of rotatable bonds is 3. The van der Waals surface area contributed by atoms with E-state index in [1.807, 2.05) is 4.90 Å². The number of hydrogen-bond acceptors (Lipinski definition) is 6. The van der Waals surface area contributed by atoms with Crippen molar-refractivity contribution in [3.8, 4) is 5.75 Å². The zero-order valence-electron chi connectivity index (χ0n) is 13.5. The first-order valence-electron chi connectivity index (χ1n) is 7.88. The number of carbonyl (C=O) groups excluding carboxylic acids is 2. The van der Waals surface area contributed by atoms with E-state index in [4.69, 9.17) is 15.2 Å². The van der Waals surface area contributed by atoms with Gasteiger partial charge in [-0.2, -0.15) is 0 Å². The van der Waals surface area contributed by atoms with E-state index < -0.39 is 17.9 Å². The lowest BCUT2D eigenvalue weighted by molar-refractivity contribution is -0.189. The number of hydrogen-bond donors (Lipinski definition) is 2. The lowest BCUT2D eigenvalue weighted by atomic mass is 10.1. The van der Waals surface area contributed by atoms with Gasteiger partial charge in [0.2, 0.25) is 5.91 Å². The van der Waals surface area contributed by atoms with Crippen molar-refractivity contribution in [3.05, 3.63) is 23.8 Å². The maximum absolute atomic E-state index is 12.5. The summed E-state index contributed by atoms with van der Waals surface area (Å²) in [4.78, 5) is 25.6. The van der Waals surface area contributed by atoms with Crippen molar-refractivity contribution in [1.82, 2.24) is 5.06 Å². The number of primary amides is 1. The molecule has 0 radical (unpaired) electrons. The molecule has 3 rings (SSSR count). The van der Waals surface area contributed by atoms with Crippen LogP contribution in [0.1, 0.15) is 23.2 Å². The van der Waals surface area contributed by atoms with Crippen LogP contribution in [-0.2, 0) is 9.53 Å². The summed E-state index contributed by atoms with van der Waals surface area (Å²) in [7, 11) is 1.79. The summed E-state index contributed by atoms with van der Waals surface area (Å²) >= 11 is 0. The molecule has 1 fully saturated rings. The fourth-order valence-electron chi connectivity index (χ4n) is 2.99. The number of fused-ring (bicyclic) bond motifs is 1. The van der Waals surface area contributed by atoms with Gasteiger partial charge in [-0.25, -0.2) is 5.06 Å². The first-order chi connectivity index (χ1) is 11.5. The quantitative estimate of drug-likeness (QED) is 0.611. The normalized spacial score (nSPS) is 20.9. The molecule has 2 aliphatic heterocycles. The Morgan fingerprint density at radius 3 is 2.71 bits per heavy atom. The Morgan fingerprint density at radius 1 is 1.33 bits per heavy atom. The molecule has 0 bridgehead atoms. The first-order valence-corrected chi connectivity index (χ1v) is 7.88. The van der Waals surface area contributed by atoms with Gasteiger partial charge in [0, 0.05) is 25.8 Å². The third-order valence-electron chi connectivity index (χ3n) is 4.40. The highest BCUT2D eigenvalue weighted by Crippen LogP contribution is 2.34. The molecule has 8 nitrogen and oxygen atoms in total. The summed E-state index contributed by atoms with van der Waals surface area (Å²) in [5.74, 6) is -0.517.